The molecule has 6 heteroatoms. The summed E-state index contributed by atoms with van der Waals surface area (Å²) in [4.78, 5) is 47.8. The summed E-state index contributed by atoms with van der Waals surface area (Å²) < 4.78 is 0. The molecular formula is C18H12O6. The highest BCUT2D eigenvalue weighted by molar-refractivity contribution is 6.35. The van der Waals surface area contributed by atoms with Crippen LogP contribution < -0.4 is 0 Å². The molecule has 0 saturated heterocycles. The van der Waals surface area contributed by atoms with Gasteiger partial charge in [-0.25, -0.2) is 9.59 Å². The number of benzene rings is 2. The van der Waals surface area contributed by atoms with Gasteiger partial charge in [-0.05, 0) is 0 Å². The molecule has 0 aromatic heterocycles. The van der Waals surface area contributed by atoms with E-state index in [-0.39, 0.29) is 11.1 Å². The van der Waals surface area contributed by atoms with E-state index in [9.17, 15) is 29.4 Å². The maximum atomic E-state index is 12.4. The second-order valence-electron chi connectivity index (χ2n) is 4.75. The molecule has 24 heavy (non-hydrogen) atoms. The molecule has 6 nitrogen and oxygen atoms in total. The summed E-state index contributed by atoms with van der Waals surface area (Å²) in [5.41, 5.74) is -2.17. The van der Waals surface area contributed by atoms with Gasteiger partial charge in [-0.15, -0.1) is 0 Å². The van der Waals surface area contributed by atoms with Crippen LogP contribution in [-0.2, 0) is 9.59 Å². The maximum Gasteiger partial charge on any atom is 0.340 e. The molecule has 120 valence electrons. The van der Waals surface area contributed by atoms with Crippen molar-refractivity contribution in [1.29, 1.82) is 0 Å². The van der Waals surface area contributed by atoms with Crippen molar-refractivity contribution in [3.8, 4) is 0 Å². The Morgan fingerprint density at radius 2 is 0.833 bits per heavy atom. The van der Waals surface area contributed by atoms with Crippen molar-refractivity contribution in [2.24, 2.45) is 0 Å². The second kappa shape index (κ2) is 7.15. The first-order valence-electron chi connectivity index (χ1n) is 6.84. The van der Waals surface area contributed by atoms with Gasteiger partial charge in [0.05, 0.1) is 0 Å². The number of hydrogen-bond donors (Lipinski definition) is 2. The predicted octanol–water partition coefficient (Wildman–Crippen LogP) is 2.22. The third-order valence-electron chi connectivity index (χ3n) is 3.20. The van der Waals surface area contributed by atoms with E-state index in [0.29, 0.717) is 0 Å². The highest BCUT2D eigenvalue weighted by Gasteiger charge is 2.32. The van der Waals surface area contributed by atoms with Gasteiger partial charge in [0, 0.05) is 11.1 Å². The van der Waals surface area contributed by atoms with E-state index in [1.54, 1.807) is 12.1 Å². The first kappa shape index (κ1) is 16.8. The van der Waals surface area contributed by atoms with Crippen LogP contribution in [0.25, 0.3) is 0 Å². The number of carbonyl (C=O) groups is 4. The summed E-state index contributed by atoms with van der Waals surface area (Å²) in [6.45, 7) is 0. The molecule has 0 aliphatic heterocycles. The van der Waals surface area contributed by atoms with Crippen molar-refractivity contribution in [1.82, 2.24) is 0 Å². The molecule has 0 bridgehead atoms. The van der Waals surface area contributed by atoms with Crippen LogP contribution in [-0.4, -0.2) is 33.7 Å². The summed E-state index contributed by atoms with van der Waals surface area (Å²) in [5, 5.41) is 18.7. The Morgan fingerprint density at radius 1 is 0.542 bits per heavy atom. The van der Waals surface area contributed by atoms with Crippen LogP contribution in [0.5, 0.6) is 0 Å². The molecule has 0 unspecified atom stereocenters. The Balaban J connectivity index is 2.65. The lowest BCUT2D eigenvalue weighted by molar-refractivity contribution is -0.135. The maximum absolute atomic E-state index is 12.4. The Kier molecular flexibility index (Phi) is 5.01. The number of Topliss-reactive ketones (excluding diaryl/α,β-unsaturated/α-hetero) is 2. The smallest absolute Gasteiger partial charge is 0.340 e. The molecular weight excluding hydrogens is 312 g/mol. The van der Waals surface area contributed by atoms with Crippen LogP contribution in [0.2, 0.25) is 0 Å². The fraction of sp³-hybridized carbons (Fsp3) is 0. The molecule has 0 heterocycles. The Bertz CT molecular complexity index is 763. The number of carboxylic acid groups (broad SMARTS) is 2. The molecule has 2 N–H and O–H groups in total. The van der Waals surface area contributed by atoms with Crippen molar-refractivity contribution in [3.05, 3.63) is 82.9 Å². The molecule has 2 aromatic rings. The normalized spacial score (nSPS) is 11.3. The predicted molar refractivity (Wildman–Crippen MR) is 83.8 cm³/mol. The van der Waals surface area contributed by atoms with Crippen LogP contribution in [0, 0.1) is 0 Å². The van der Waals surface area contributed by atoms with E-state index in [4.69, 9.17) is 0 Å². The van der Waals surface area contributed by atoms with Gasteiger partial charge in [-0.1, -0.05) is 60.7 Å². The third kappa shape index (κ3) is 3.44. The zero-order valence-electron chi connectivity index (χ0n) is 12.3. The van der Waals surface area contributed by atoms with Crippen LogP contribution >= 0.6 is 0 Å². The van der Waals surface area contributed by atoms with E-state index in [2.05, 4.69) is 0 Å². The second-order valence-corrected chi connectivity index (χ2v) is 4.75. The number of carbonyl (C=O) groups excluding carboxylic acids is 2. The minimum Gasteiger partial charge on any atom is -0.478 e. The standard InChI is InChI=1S/C18H12O6/c19-15(11-7-3-1-4-8-11)13(17(21)22)14(18(23)24)16(20)12-9-5-2-6-10-12/h1-10H,(H,21,22)(H,23,24)/b14-13-. The first-order chi connectivity index (χ1) is 11.4. The van der Waals surface area contributed by atoms with Crippen LogP contribution in [0.15, 0.2) is 71.8 Å². The zero-order valence-corrected chi connectivity index (χ0v) is 12.3. The molecule has 0 saturated carbocycles. The SMILES string of the molecule is O=C(O)/C(C(=O)c1ccccc1)=C(\C(=O)O)C(=O)c1ccccc1. The molecule has 0 aliphatic rings. The summed E-state index contributed by atoms with van der Waals surface area (Å²) in [7, 11) is 0. The molecule has 0 atom stereocenters. The fourth-order valence-electron chi connectivity index (χ4n) is 2.10. The van der Waals surface area contributed by atoms with Gasteiger partial charge in [0.2, 0.25) is 11.6 Å². The fourth-order valence-corrected chi connectivity index (χ4v) is 2.10. The third-order valence-corrected chi connectivity index (χ3v) is 3.20. The van der Waals surface area contributed by atoms with Gasteiger partial charge >= 0.3 is 11.9 Å². The largest absolute Gasteiger partial charge is 0.478 e. The van der Waals surface area contributed by atoms with Crippen LogP contribution in [0.4, 0.5) is 0 Å². The number of aliphatic carboxylic acids is 2. The highest BCUT2D eigenvalue weighted by Crippen LogP contribution is 2.18. The number of ketones is 2. The first-order valence-corrected chi connectivity index (χ1v) is 6.84. The van der Waals surface area contributed by atoms with Gasteiger partial charge in [0.1, 0.15) is 11.1 Å². The molecule has 0 spiro atoms. The lowest BCUT2D eigenvalue weighted by Gasteiger charge is -2.08. The summed E-state index contributed by atoms with van der Waals surface area (Å²) in [6, 6.07) is 14.6. The summed E-state index contributed by atoms with van der Waals surface area (Å²) in [5.74, 6) is -5.62. The molecule has 0 radical (unpaired) electrons. The van der Waals surface area contributed by atoms with Gasteiger partial charge in [-0.3, -0.25) is 9.59 Å². The van der Waals surface area contributed by atoms with Crippen molar-refractivity contribution in [2.75, 3.05) is 0 Å². The van der Waals surface area contributed by atoms with Gasteiger partial charge in [-0.2, -0.15) is 0 Å². The van der Waals surface area contributed by atoms with Crippen LogP contribution in [0.1, 0.15) is 20.7 Å². The van der Waals surface area contributed by atoms with Gasteiger partial charge in [0.15, 0.2) is 0 Å². The average molecular weight is 324 g/mol. The molecule has 0 fully saturated rings. The zero-order chi connectivity index (χ0) is 17.7. The Hall–Kier alpha value is -3.54. The lowest BCUT2D eigenvalue weighted by atomic mass is 9.93. The molecule has 0 amide bonds. The number of carboxylic acids is 2. The Morgan fingerprint density at radius 3 is 1.08 bits per heavy atom. The average Bonchev–Trinajstić information content (AvgIpc) is 2.59. The van der Waals surface area contributed by atoms with E-state index in [1.807, 2.05) is 0 Å². The lowest BCUT2D eigenvalue weighted by Crippen LogP contribution is -2.24. The minimum absolute atomic E-state index is 0.0190. The Labute approximate surface area is 136 Å². The van der Waals surface area contributed by atoms with Gasteiger partial charge < -0.3 is 10.2 Å². The number of rotatable bonds is 6. The van der Waals surface area contributed by atoms with Crippen molar-refractivity contribution < 1.29 is 29.4 Å². The monoisotopic (exact) mass is 324 g/mol. The van der Waals surface area contributed by atoms with Gasteiger partial charge in [0.25, 0.3) is 0 Å². The van der Waals surface area contributed by atoms with Crippen LogP contribution in [0.3, 0.4) is 0 Å². The van der Waals surface area contributed by atoms with Crippen molar-refractivity contribution >= 4 is 23.5 Å². The van der Waals surface area contributed by atoms with E-state index in [0.717, 1.165) is 0 Å². The quantitative estimate of drug-likeness (QED) is 0.365. The summed E-state index contributed by atoms with van der Waals surface area (Å²) >= 11 is 0. The van der Waals surface area contributed by atoms with Crippen molar-refractivity contribution in [2.45, 2.75) is 0 Å². The highest BCUT2D eigenvalue weighted by atomic mass is 16.4. The summed E-state index contributed by atoms with van der Waals surface area (Å²) in [6.07, 6.45) is 0. The molecule has 2 rings (SSSR count). The van der Waals surface area contributed by atoms with Crippen molar-refractivity contribution in [3.63, 3.8) is 0 Å². The minimum atomic E-state index is -1.77. The van der Waals surface area contributed by atoms with E-state index in [1.165, 1.54) is 48.5 Å². The number of hydrogen-bond acceptors (Lipinski definition) is 4. The van der Waals surface area contributed by atoms with E-state index < -0.39 is 34.7 Å². The topological polar surface area (TPSA) is 109 Å². The van der Waals surface area contributed by atoms with E-state index >= 15 is 0 Å². The molecule has 2 aromatic carbocycles. The molecule has 0 aliphatic carbocycles.